The molecular formula is C12H16N2O2S. The molecule has 5 heteroatoms. The van der Waals surface area contributed by atoms with Gasteiger partial charge in [0.1, 0.15) is 0 Å². The van der Waals surface area contributed by atoms with Gasteiger partial charge in [0.2, 0.25) is 11.8 Å². The van der Waals surface area contributed by atoms with Gasteiger partial charge in [-0.1, -0.05) is 0 Å². The number of hydrogen-bond acceptors (Lipinski definition) is 4. The number of rotatable bonds is 4. The highest BCUT2D eigenvalue weighted by atomic mass is 32.1. The van der Waals surface area contributed by atoms with Crippen LogP contribution in [0.25, 0.3) is 0 Å². The highest BCUT2D eigenvalue weighted by molar-refractivity contribution is 7.07. The molecule has 0 spiro atoms. The second-order valence-electron chi connectivity index (χ2n) is 4.46. The van der Waals surface area contributed by atoms with Crippen molar-refractivity contribution in [2.45, 2.75) is 38.9 Å². The lowest BCUT2D eigenvalue weighted by molar-refractivity contribution is -0.140. The highest BCUT2D eigenvalue weighted by Gasteiger charge is 2.39. The van der Waals surface area contributed by atoms with Crippen LogP contribution in [0.15, 0.2) is 16.8 Å². The number of hydrogen-bond donors (Lipinski definition) is 1. The molecule has 1 aliphatic heterocycles. The largest absolute Gasteiger partial charge is 0.301 e. The van der Waals surface area contributed by atoms with Gasteiger partial charge in [-0.05, 0) is 36.2 Å². The molecule has 1 saturated heterocycles. The van der Waals surface area contributed by atoms with Crippen molar-refractivity contribution in [1.82, 2.24) is 10.2 Å². The molecule has 1 N–H and O–H groups in total. The van der Waals surface area contributed by atoms with Crippen LogP contribution in [0, 0.1) is 0 Å². The van der Waals surface area contributed by atoms with E-state index in [1.807, 2.05) is 30.7 Å². The Labute approximate surface area is 105 Å². The van der Waals surface area contributed by atoms with E-state index < -0.39 is 0 Å². The lowest BCUT2D eigenvalue weighted by atomic mass is 10.2. The minimum absolute atomic E-state index is 0.0528. The van der Waals surface area contributed by atoms with Crippen molar-refractivity contribution in [3.8, 4) is 0 Å². The van der Waals surface area contributed by atoms with Crippen molar-refractivity contribution < 1.29 is 9.59 Å². The van der Waals surface area contributed by atoms with E-state index in [9.17, 15) is 9.59 Å². The van der Waals surface area contributed by atoms with E-state index >= 15 is 0 Å². The van der Waals surface area contributed by atoms with E-state index in [0.717, 1.165) is 5.56 Å². The van der Waals surface area contributed by atoms with E-state index in [1.165, 1.54) is 4.90 Å². The number of carbonyl (C=O) groups is 2. The summed E-state index contributed by atoms with van der Waals surface area (Å²) in [5.41, 5.74) is 1.15. The molecule has 1 aromatic heterocycles. The Balaban J connectivity index is 1.95. The van der Waals surface area contributed by atoms with Crippen LogP contribution in [-0.4, -0.2) is 28.8 Å². The maximum absolute atomic E-state index is 12.0. The van der Waals surface area contributed by atoms with Gasteiger partial charge in [0.15, 0.2) is 0 Å². The third kappa shape index (κ3) is 2.56. The van der Waals surface area contributed by atoms with Gasteiger partial charge in [-0.15, -0.1) is 0 Å². The topological polar surface area (TPSA) is 49.4 Å². The van der Waals surface area contributed by atoms with E-state index in [2.05, 4.69) is 5.32 Å². The molecule has 0 radical (unpaired) electrons. The number of nitrogens with zero attached hydrogens (tertiary/aromatic N) is 1. The van der Waals surface area contributed by atoms with Crippen LogP contribution < -0.4 is 5.32 Å². The summed E-state index contributed by atoms with van der Waals surface area (Å²) < 4.78 is 0. The van der Waals surface area contributed by atoms with E-state index in [4.69, 9.17) is 0 Å². The van der Waals surface area contributed by atoms with Crippen LogP contribution in [0.2, 0.25) is 0 Å². The Hall–Kier alpha value is -1.20. The molecule has 2 rings (SSSR count). The molecule has 17 heavy (non-hydrogen) atoms. The lowest BCUT2D eigenvalue weighted by Crippen LogP contribution is -2.41. The Morgan fingerprint density at radius 3 is 2.82 bits per heavy atom. The maximum Gasteiger partial charge on any atom is 0.247 e. The van der Waals surface area contributed by atoms with Gasteiger partial charge >= 0.3 is 0 Å². The summed E-state index contributed by atoms with van der Waals surface area (Å²) in [6.07, 6.45) is 0.279. The molecule has 4 nitrogen and oxygen atoms in total. The van der Waals surface area contributed by atoms with E-state index in [1.54, 1.807) is 11.3 Å². The standard InChI is InChI=1S/C12H16N2O2S/c1-8(2)14-11(15)5-10(12(14)16)13-6-9-3-4-17-7-9/h3-4,7-8,10,13H,5-6H2,1-2H3. The van der Waals surface area contributed by atoms with E-state index in [0.29, 0.717) is 6.54 Å². The molecule has 2 heterocycles. The second-order valence-corrected chi connectivity index (χ2v) is 5.24. The van der Waals surface area contributed by atoms with Gasteiger partial charge in [0.25, 0.3) is 0 Å². The quantitative estimate of drug-likeness (QED) is 0.823. The van der Waals surface area contributed by atoms with Gasteiger partial charge < -0.3 is 5.32 Å². The molecule has 1 fully saturated rings. The first-order valence-corrected chi connectivity index (χ1v) is 6.64. The first-order valence-electron chi connectivity index (χ1n) is 5.70. The summed E-state index contributed by atoms with van der Waals surface area (Å²) in [5, 5.41) is 7.18. The Morgan fingerprint density at radius 2 is 2.29 bits per heavy atom. The minimum atomic E-state index is -0.357. The lowest BCUT2D eigenvalue weighted by Gasteiger charge is -2.19. The van der Waals surface area contributed by atoms with Crippen molar-refractivity contribution >= 4 is 23.2 Å². The first kappa shape index (κ1) is 12.3. The summed E-state index contributed by atoms with van der Waals surface area (Å²) in [4.78, 5) is 25.0. The molecule has 1 atom stereocenters. The fourth-order valence-electron chi connectivity index (χ4n) is 1.99. The molecule has 1 unspecified atom stereocenters. The number of carbonyl (C=O) groups excluding carboxylic acids is 2. The Kier molecular flexibility index (Phi) is 3.59. The fraction of sp³-hybridized carbons (Fsp3) is 0.500. The van der Waals surface area contributed by atoms with Crippen molar-refractivity contribution in [2.75, 3.05) is 0 Å². The molecular weight excluding hydrogens is 236 g/mol. The van der Waals surface area contributed by atoms with Crippen LogP contribution in [0.1, 0.15) is 25.8 Å². The van der Waals surface area contributed by atoms with Crippen molar-refractivity contribution in [1.29, 1.82) is 0 Å². The minimum Gasteiger partial charge on any atom is -0.301 e. The fourth-order valence-corrected chi connectivity index (χ4v) is 2.66. The Morgan fingerprint density at radius 1 is 1.53 bits per heavy atom. The predicted octanol–water partition coefficient (Wildman–Crippen LogP) is 1.37. The zero-order valence-electron chi connectivity index (χ0n) is 9.97. The molecule has 0 aromatic carbocycles. The van der Waals surface area contributed by atoms with Crippen LogP contribution in [-0.2, 0) is 16.1 Å². The van der Waals surface area contributed by atoms with Gasteiger partial charge in [-0.2, -0.15) is 11.3 Å². The summed E-state index contributed by atoms with van der Waals surface area (Å²) >= 11 is 1.63. The second kappa shape index (κ2) is 4.98. The summed E-state index contributed by atoms with van der Waals surface area (Å²) in [6, 6.07) is 1.60. The number of nitrogens with one attached hydrogen (secondary N) is 1. The van der Waals surface area contributed by atoms with Crippen molar-refractivity contribution in [3.05, 3.63) is 22.4 Å². The number of amides is 2. The molecule has 2 amide bonds. The zero-order chi connectivity index (χ0) is 12.4. The zero-order valence-corrected chi connectivity index (χ0v) is 10.8. The average Bonchev–Trinajstić information content (AvgIpc) is 2.84. The summed E-state index contributed by atoms with van der Waals surface area (Å²) in [6.45, 7) is 4.35. The molecule has 0 bridgehead atoms. The van der Waals surface area contributed by atoms with Gasteiger partial charge in [-0.25, -0.2) is 0 Å². The van der Waals surface area contributed by atoms with Crippen LogP contribution in [0.3, 0.4) is 0 Å². The summed E-state index contributed by atoms with van der Waals surface area (Å²) in [7, 11) is 0. The van der Waals surface area contributed by atoms with Crippen LogP contribution in [0.4, 0.5) is 0 Å². The smallest absolute Gasteiger partial charge is 0.247 e. The molecule has 0 saturated carbocycles. The van der Waals surface area contributed by atoms with Gasteiger partial charge in [0, 0.05) is 12.6 Å². The molecule has 0 aliphatic carbocycles. The first-order chi connectivity index (χ1) is 8.09. The SMILES string of the molecule is CC(C)N1C(=O)CC(NCc2ccsc2)C1=O. The van der Waals surface area contributed by atoms with Gasteiger partial charge in [-0.3, -0.25) is 14.5 Å². The van der Waals surface area contributed by atoms with E-state index in [-0.39, 0.29) is 30.3 Å². The maximum atomic E-state index is 12.0. The highest BCUT2D eigenvalue weighted by Crippen LogP contribution is 2.17. The monoisotopic (exact) mass is 252 g/mol. The number of likely N-dealkylation sites (tertiary alicyclic amines) is 1. The Bertz CT molecular complexity index is 414. The van der Waals surface area contributed by atoms with Crippen molar-refractivity contribution in [3.63, 3.8) is 0 Å². The van der Waals surface area contributed by atoms with Crippen LogP contribution >= 0.6 is 11.3 Å². The van der Waals surface area contributed by atoms with Gasteiger partial charge in [0.05, 0.1) is 12.5 Å². The normalized spacial score (nSPS) is 20.6. The van der Waals surface area contributed by atoms with Crippen molar-refractivity contribution in [2.24, 2.45) is 0 Å². The molecule has 1 aliphatic rings. The molecule has 92 valence electrons. The summed E-state index contributed by atoms with van der Waals surface area (Å²) in [5.74, 6) is -0.173. The number of thiophene rings is 1. The molecule has 1 aromatic rings. The predicted molar refractivity (Wildman–Crippen MR) is 66.6 cm³/mol. The number of imide groups is 1. The third-order valence-corrected chi connectivity index (χ3v) is 3.56. The van der Waals surface area contributed by atoms with Crippen LogP contribution in [0.5, 0.6) is 0 Å². The average molecular weight is 252 g/mol. The third-order valence-electron chi connectivity index (χ3n) is 2.83.